The van der Waals surface area contributed by atoms with E-state index >= 15 is 0 Å². The third-order valence-corrected chi connectivity index (χ3v) is 6.30. The van der Waals surface area contributed by atoms with E-state index in [4.69, 9.17) is 14.2 Å². The van der Waals surface area contributed by atoms with Crippen molar-refractivity contribution in [3.63, 3.8) is 0 Å². The van der Waals surface area contributed by atoms with Gasteiger partial charge in [-0.05, 0) is 42.1 Å². The summed E-state index contributed by atoms with van der Waals surface area (Å²) in [6, 6.07) is 8.51. The van der Waals surface area contributed by atoms with Crippen LogP contribution in [0.1, 0.15) is 5.56 Å². The standard InChI is InChI=1S/C24H22FN3O6S/c1-13-9-14(25)5-6-16(13)28-23(30)22-17(7-8-35-22)27(24(28)31)12-20(29)26-15-10-18(32-2)21(34-4)19(11-15)33-3/h5-11H,12H2,1-4H3,(H,26,29). The molecule has 9 nitrogen and oxygen atoms in total. The number of hydrogen-bond acceptors (Lipinski definition) is 7. The van der Waals surface area contributed by atoms with Gasteiger partial charge in [-0.2, -0.15) is 0 Å². The van der Waals surface area contributed by atoms with Gasteiger partial charge in [-0.1, -0.05) is 0 Å². The van der Waals surface area contributed by atoms with E-state index < -0.39 is 23.0 Å². The second-order valence-corrected chi connectivity index (χ2v) is 8.45. The Labute approximate surface area is 202 Å². The molecule has 2 aromatic carbocycles. The number of halogens is 1. The molecule has 0 bridgehead atoms. The van der Waals surface area contributed by atoms with E-state index in [-0.39, 0.29) is 12.2 Å². The predicted molar refractivity (Wildman–Crippen MR) is 131 cm³/mol. The number of carbonyl (C=O) groups is 1. The van der Waals surface area contributed by atoms with Gasteiger partial charge >= 0.3 is 5.69 Å². The van der Waals surface area contributed by atoms with E-state index in [2.05, 4.69) is 5.32 Å². The molecule has 0 fully saturated rings. The van der Waals surface area contributed by atoms with E-state index in [1.807, 2.05) is 0 Å². The van der Waals surface area contributed by atoms with Gasteiger partial charge in [0.25, 0.3) is 5.56 Å². The maximum absolute atomic E-state index is 13.6. The molecule has 0 spiro atoms. The fourth-order valence-corrected chi connectivity index (χ4v) is 4.64. The molecule has 0 saturated carbocycles. The fraction of sp³-hybridized carbons (Fsp3) is 0.208. The molecule has 4 aromatic rings. The zero-order valence-electron chi connectivity index (χ0n) is 19.4. The molecular weight excluding hydrogens is 477 g/mol. The minimum absolute atomic E-state index is 0.246. The summed E-state index contributed by atoms with van der Waals surface area (Å²) in [6.45, 7) is 1.23. The van der Waals surface area contributed by atoms with Gasteiger partial charge in [-0.15, -0.1) is 11.3 Å². The highest BCUT2D eigenvalue weighted by Crippen LogP contribution is 2.39. The molecule has 0 radical (unpaired) electrons. The van der Waals surface area contributed by atoms with Crippen LogP contribution in [0.3, 0.4) is 0 Å². The third-order valence-electron chi connectivity index (χ3n) is 5.40. The number of anilines is 1. The van der Waals surface area contributed by atoms with Crippen molar-refractivity contribution in [2.75, 3.05) is 26.6 Å². The normalized spacial score (nSPS) is 10.9. The molecule has 0 aliphatic rings. The minimum Gasteiger partial charge on any atom is -0.493 e. The Morgan fingerprint density at radius 1 is 1.03 bits per heavy atom. The number of ether oxygens (including phenoxy) is 3. The van der Waals surface area contributed by atoms with Crippen LogP contribution in [0.4, 0.5) is 10.1 Å². The van der Waals surface area contributed by atoms with Gasteiger partial charge in [-0.3, -0.25) is 14.2 Å². The first-order chi connectivity index (χ1) is 16.8. The SMILES string of the molecule is COc1cc(NC(=O)Cn2c(=O)n(-c3ccc(F)cc3C)c(=O)c3sccc32)cc(OC)c1OC. The molecule has 35 heavy (non-hydrogen) atoms. The van der Waals surface area contributed by atoms with Crippen molar-refractivity contribution in [3.05, 3.63) is 74.0 Å². The average molecular weight is 500 g/mol. The number of hydrogen-bond donors (Lipinski definition) is 1. The molecule has 0 atom stereocenters. The van der Waals surface area contributed by atoms with Gasteiger partial charge in [0.05, 0.1) is 32.5 Å². The Kier molecular flexibility index (Phi) is 6.61. The average Bonchev–Trinajstić information content (AvgIpc) is 3.32. The maximum Gasteiger partial charge on any atom is 0.336 e. The number of methoxy groups -OCH3 is 3. The zero-order valence-corrected chi connectivity index (χ0v) is 20.2. The summed E-state index contributed by atoms with van der Waals surface area (Å²) < 4.78 is 32.0. The van der Waals surface area contributed by atoms with E-state index in [0.29, 0.717) is 38.7 Å². The number of fused-ring (bicyclic) bond motifs is 1. The van der Waals surface area contributed by atoms with Gasteiger partial charge < -0.3 is 19.5 Å². The number of rotatable bonds is 7. The smallest absolute Gasteiger partial charge is 0.336 e. The second-order valence-electron chi connectivity index (χ2n) is 7.54. The van der Waals surface area contributed by atoms with Crippen molar-refractivity contribution >= 4 is 33.1 Å². The zero-order chi connectivity index (χ0) is 25.3. The highest BCUT2D eigenvalue weighted by atomic mass is 32.1. The highest BCUT2D eigenvalue weighted by Gasteiger charge is 2.20. The molecule has 1 N–H and O–H groups in total. The first kappa shape index (κ1) is 24.0. The first-order valence-corrected chi connectivity index (χ1v) is 11.3. The van der Waals surface area contributed by atoms with Gasteiger partial charge in [0.15, 0.2) is 11.5 Å². The number of nitrogens with one attached hydrogen (secondary N) is 1. The summed E-state index contributed by atoms with van der Waals surface area (Å²) in [5.41, 5.74) is 0.110. The van der Waals surface area contributed by atoms with Crippen LogP contribution in [-0.2, 0) is 11.3 Å². The topological polar surface area (TPSA) is 101 Å². The molecule has 0 saturated heterocycles. The van der Waals surface area contributed by atoms with Crippen molar-refractivity contribution in [1.82, 2.24) is 9.13 Å². The van der Waals surface area contributed by atoms with Gasteiger partial charge in [0, 0.05) is 17.8 Å². The molecule has 1 amide bonds. The van der Waals surface area contributed by atoms with Crippen molar-refractivity contribution in [2.24, 2.45) is 0 Å². The van der Waals surface area contributed by atoms with Crippen molar-refractivity contribution in [3.8, 4) is 22.9 Å². The molecule has 182 valence electrons. The summed E-state index contributed by atoms with van der Waals surface area (Å²) in [7, 11) is 4.38. The molecule has 2 heterocycles. The largest absolute Gasteiger partial charge is 0.493 e. The van der Waals surface area contributed by atoms with Gasteiger partial charge in [-0.25, -0.2) is 13.8 Å². The summed E-state index contributed by atoms with van der Waals surface area (Å²) in [6.07, 6.45) is 0. The lowest BCUT2D eigenvalue weighted by atomic mass is 10.2. The maximum atomic E-state index is 13.6. The van der Waals surface area contributed by atoms with Crippen LogP contribution in [-0.4, -0.2) is 36.4 Å². The Morgan fingerprint density at radius 3 is 2.31 bits per heavy atom. The van der Waals surface area contributed by atoms with Crippen LogP contribution < -0.4 is 30.8 Å². The predicted octanol–water partition coefficient (Wildman–Crippen LogP) is 3.33. The molecule has 2 aromatic heterocycles. The summed E-state index contributed by atoms with van der Waals surface area (Å²) >= 11 is 1.15. The van der Waals surface area contributed by atoms with E-state index in [9.17, 15) is 18.8 Å². The lowest BCUT2D eigenvalue weighted by Gasteiger charge is -2.16. The van der Waals surface area contributed by atoms with Crippen LogP contribution >= 0.6 is 11.3 Å². The summed E-state index contributed by atoms with van der Waals surface area (Å²) in [4.78, 5) is 39.5. The highest BCUT2D eigenvalue weighted by molar-refractivity contribution is 7.17. The molecule has 4 rings (SSSR count). The van der Waals surface area contributed by atoms with Crippen LogP contribution in [0.2, 0.25) is 0 Å². The minimum atomic E-state index is -0.712. The van der Waals surface area contributed by atoms with Crippen molar-refractivity contribution < 1.29 is 23.4 Å². The van der Waals surface area contributed by atoms with Gasteiger partial charge in [0.2, 0.25) is 11.7 Å². The lowest BCUT2D eigenvalue weighted by Crippen LogP contribution is -2.40. The lowest BCUT2D eigenvalue weighted by molar-refractivity contribution is -0.116. The summed E-state index contributed by atoms with van der Waals surface area (Å²) in [5.74, 6) is 0.0575. The molecule has 11 heteroatoms. The van der Waals surface area contributed by atoms with Gasteiger partial charge in [0.1, 0.15) is 17.1 Å². The molecular formula is C24H22FN3O6S. The number of thiophene rings is 1. The Balaban J connectivity index is 1.76. The third kappa shape index (κ3) is 4.37. The molecule has 0 aliphatic carbocycles. The first-order valence-electron chi connectivity index (χ1n) is 10.4. The number of benzene rings is 2. The van der Waals surface area contributed by atoms with Crippen molar-refractivity contribution in [2.45, 2.75) is 13.5 Å². The monoisotopic (exact) mass is 499 g/mol. The van der Waals surface area contributed by atoms with E-state index in [1.165, 1.54) is 44.1 Å². The van der Waals surface area contributed by atoms with Crippen LogP contribution in [0, 0.1) is 12.7 Å². The van der Waals surface area contributed by atoms with E-state index in [1.54, 1.807) is 30.5 Å². The van der Waals surface area contributed by atoms with Crippen LogP contribution in [0.15, 0.2) is 51.4 Å². The Bertz CT molecular complexity index is 1530. The molecule has 0 aliphatic heterocycles. The molecule has 0 unspecified atom stereocenters. The number of carbonyl (C=O) groups excluding carboxylic acids is 1. The second kappa shape index (κ2) is 9.63. The number of nitrogens with zero attached hydrogens (tertiary/aromatic N) is 2. The number of aromatic nitrogens is 2. The number of amides is 1. The van der Waals surface area contributed by atoms with E-state index in [0.717, 1.165) is 15.9 Å². The van der Waals surface area contributed by atoms with Crippen LogP contribution in [0.25, 0.3) is 15.9 Å². The quantitative estimate of drug-likeness (QED) is 0.419. The number of aryl methyl sites for hydroxylation is 1. The van der Waals surface area contributed by atoms with Crippen LogP contribution in [0.5, 0.6) is 17.2 Å². The van der Waals surface area contributed by atoms with Crippen molar-refractivity contribution in [1.29, 1.82) is 0 Å². The fourth-order valence-electron chi connectivity index (χ4n) is 3.82. The Hall–Kier alpha value is -4.12. The summed E-state index contributed by atoms with van der Waals surface area (Å²) in [5, 5.41) is 4.39. The Morgan fingerprint density at radius 2 is 1.71 bits per heavy atom.